The van der Waals surface area contributed by atoms with Crippen molar-refractivity contribution < 1.29 is 17.9 Å². The van der Waals surface area contributed by atoms with Crippen LogP contribution in [0.15, 0.2) is 76.3 Å². The molecule has 1 amide bonds. The SMILES string of the molecule is COc1ccccc1NC(=O)[C@H](Cc1ccccc1)NS(=O)(=O)c1cccs1. The highest BCUT2D eigenvalue weighted by molar-refractivity contribution is 7.91. The molecule has 0 saturated carbocycles. The highest BCUT2D eigenvalue weighted by Crippen LogP contribution is 2.24. The molecular formula is C20H20N2O4S2. The number of carbonyl (C=O) groups excluding carboxylic acids is 1. The number of benzene rings is 2. The molecule has 1 atom stereocenters. The van der Waals surface area contributed by atoms with Gasteiger partial charge >= 0.3 is 0 Å². The van der Waals surface area contributed by atoms with Gasteiger partial charge in [-0.15, -0.1) is 11.3 Å². The monoisotopic (exact) mass is 416 g/mol. The van der Waals surface area contributed by atoms with E-state index in [0.29, 0.717) is 11.4 Å². The predicted octanol–water partition coefficient (Wildman–Crippen LogP) is 3.29. The predicted molar refractivity (Wildman–Crippen MR) is 110 cm³/mol. The lowest BCUT2D eigenvalue weighted by molar-refractivity contribution is -0.117. The van der Waals surface area contributed by atoms with Gasteiger partial charge < -0.3 is 10.1 Å². The van der Waals surface area contributed by atoms with Crippen LogP contribution in [0.3, 0.4) is 0 Å². The van der Waals surface area contributed by atoms with E-state index in [1.807, 2.05) is 30.3 Å². The Bertz CT molecular complexity index is 1020. The zero-order valence-electron chi connectivity index (χ0n) is 15.2. The molecule has 146 valence electrons. The van der Waals surface area contributed by atoms with Crippen LogP contribution in [-0.4, -0.2) is 27.5 Å². The first-order valence-corrected chi connectivity index (χ1v) is 10.9. The molecule has 0 bridgehead atoms. The number of para-hydroxylation sites is 2. The van der Waals surface area contributed by atoms with E-state index in [9.17, 15) is 13.2 Å². The van der Waals surface area contributed by atoms with Crippen LogP contribution < -0.4 is 14.8 Å². The highest BCUT2D eigenvalue weighted by Gasteiger charge is 2.27. The zero-order chi connectivity index (χ0) is 20.0. The van der Waals surface area contributed by atoms with E-state index in [1.54, 1.807) is 35.7 Å². The number of carbonyl (C=O) groups is 1. The van der Waals surface area contributed by atoms with Gasteiger partial charge in [0.15, 0.2) is 0 Å². The molecule has 2 aromatic carbocycles. The number of sulfonamides is 1. The Balaban J connectivity index is 1.86. The molecule has 0 spiro atoms. The fourth-order valence-electron chi connectivity index (χ4n) is 2.67. The van der Waals surface area contributed by atoms with E-state index in [-0.39, 0.29) is 10.6 Å². The van der Waals surface area contributed by atoms with Gasteiger partial charge in [0.05, 0.1) is 12.8 Å². The molecular weight excluding hydrogens is 396 g/mol. The average molecular weight is 417 g/mol. The molecule has 28 heavy (non-hydrogen) atoms. The summed E-state index contributed by atoms with van der Waals surface area (Å²) < 4.78 is 33.3. The van der Waals surface area contributed by atoms with Crippen molar-refractivity contribution in [2.45, 2.75) is 16.7 Å². The van der Waals surface area contributed by atoms with Crippen molar-refractivity contribution in [3.63, 3.8) is 0 Å². The molecule has 0 radical (unpaired) electrons. The third kappa shape index (κ3) is 4.98. The summed E-state index contributed by atoms with van der Waals surface area (Å²) in [5, 5.41) is 4.44. The number of hydrogen-bond acceptors (Lipinski definition) is 5. The summed E-state index contributed by atoms with van der Waals surface area (Å²) in [4.78, 5) is 12.9. The maximum atomic E-state index is 12.9. The molecule has 8 heteroatoms. The maximum Gasteiger partial charge on any atom is 0.250 e. The Labute approximate surface area is 168 Å². The Kier molecular flexibility index (Phi) is 6.45. The molecule has 3 rings (SSSR count). The van der Waals surface area contributed by atoms with E-state index in [0.717, 1.165) is 16.9 Å². The van der Waals surface area contributed by atoms with Crippen molar-refractivity contribution in [3.8, 4) is 5.75 Å². The fraction of sp³-hybridized carbons (Fsp3) is 0.150. The van der Waals surface area contributed by atoms with Crippen LogP contribution in [-0.2, 0) is 21.2 Å². The number of amides is 1. The minimum Gasteiger partial charge on any atom is -0.495 e. The van der Waals surface area contributed by atoms with Crippen molar-refractivity contribution >= 4 is 33.0 Å². The molecule has 0 saturated heterocycles. The second-order valence-corrected chi connectivity index (χ2v) is 8.87. The Hall–Kier alpha value is -2.68. The van der Waals surface area contributed by atoms with Crippen LogP contribution in [0, 0.1) is 0 Å². The van der Waals surface area contributed by atoms with Gasteiger partial charge in [-0.2, -0.15) is 4.72 Å². The zero-order valence-corrected chi connectivity index (χ0v) is 16.8. The topological polar surface area (TPSA) is 84.5 Å². The van der Waals surface area contributed by atoms with Crippen LogP contribution in [0.1, 0.15) is 5.56 Å². The largest absolute Gasteiger partial charge is 0.495 e. The van der Waals surface area contributed by atoms with Crippen molar-refractivity contribution in [1.29, 1.82) is 0 Å². The third-order valence-electron chi connectivity index (χ3n) is 4.02. The number of rotatable bonds is 8. The van der Waals surface area contributed by atoms with Gasteiger partial charge in [0.2, 0.25) is 5.91 Å². The van der Waals surface area contributed by atoms with Gasteiger partial charge in [-0.25, -0.2) is 8.42 Å². The van der Waals surface area contributed by atoms with Crippen LogP contribution in [0.4, 0.5) is 5.69 Å². The van der Waals surface area contributed by atoms with E-state index in [4.69, 9.17) is 4.74 Å². The number of nitrogens with one attached hydrogen (secondary N) is 2. The van der Waals surface area contributed by atoms with Gasteiger partial charge in [-0.1, -0.05) is 48.5 Å². The number of thiophene rings is 1. The average Bonchev–Trinajstić information content (AvgIpc) is 3.24. The maximum absolute atomic E-state index is 12.9. The van der Waals surface area contributed by atoms with Crippen molar-refractivity contribution in [2.75, 3.05) is 12.4 Å². The summed E-state index contributed by atoms with van der Waals surface area (Å²) in [6.07, 6.45) is 0.215. The smallest absolute Gasteiger partial charge is 0.250 e. The number of methoxy groups -OCH3 is 1. The normalized spacial score (nSPS) is 12.3. The van der Waals surface area contributed by atoms with Gasteiger partial charge in [0.1, 0.15) is 16.0 Å². The fourth-order valence-corrected chi connectivity index (χ4v) is 4.87. The molecule has 1 heterocycles. The quantitative estimate of drug-likeness (QED) is 0.590. The molecule has 0 unspecified atom stereocenters. The molecule has 3 aromatic rings. The highest BCUT2D eigenvalue weighted by atomic mass is 32.2. The second-order valence-electron chi connectivity index (χ2n) is 5.99. The van der Waals surface area contributed by atoms with E-state index in [2.05, 4.69) is 10.0 Å². The first kappa shape index (κ1) is 20.1. The number of anilines is 1. The van der Waals surface area contributed by atoms with E-state index in [1.165, 1.54) is 13.2 Å². The van der Waals surface area contributed by atoms with Gasteiger partial charge in [0.25, 0.3) is 10.0 Å². The summed E-state index contributed by atoms with van der Waals surface area (Å²) in [7, 11) is -2.31. The second kappa shape index (κ2) is 9.01. The van der Waals surface area contributed by atoms with E-state index >= 15 is 0 Å². The Morgan fingerprint density at radius 3 is 2.43 bits per heavy atom. The first-order chi connectivity index (χ1) is 13.5. The molecule has 0 aliphatic heterocycles. The van der Waals surface area contributed by atoms with Gasteiger partial charge in [-0.05, 0) is 35.6 Å². The van der Waals surface area contributed by atoms with Crippen LogP contribution in [0.25, 0.3) is 0 Å². The van der Waals surface area contributed by atoms with Crippen LogP contribution >= 0.6 is 11.3 Å². The van der Waals surface area contributed by atoms with Crippen LogP contribution in [0.2, 0.25) is 0 Å². The first-order valence-electron chi connectivity index (χ1n) is 8.53. The van der Waals surface area contributed by atoms with Crippen molar-refractivity contribution in [2.24, 2.45) is 0 Å². The lowest BCUT2D eigenvalue weighted by Crippen LogP contribution is -2.45. The summed E-state index contributed by atoms with van der Waals surface area (Å²) in [6.45, 7) is 0. The van der Waals surface area contributed by atoms with Crippen LogP contribution in [0.5, 0.6) is 5.75 Å². The molecule has 0 aliphatic carbocycles. The third-order valence-corrected chi connectivity index (χ3v) is 6.89. The standard InChI is InChI=1S/C20H20N2O4S2/c1-26-18-11-6-5-10-16(18)21-20(23)17(14-15-8-3-2-4-9-15)22-28(24,25)19-12-7-13-27-19/h2-13,17,22H,14H2,1H3,(H,21,23)/t17-/m0/s1. The molecule has 2 N–H and O–H groups in total. The Morgan fingerprint density at radius 1 is 1.04 bits per heavy atom. The summed E-state index contributed by atoms with van der Waals surface area (Å²) in [6, 6.07) is 18.4. The lowest BCUT2D eigenvalue weighted by atomic mass is 10.1. The Morgan fingerprint density at radius 2 is 1.75 bits per heavy atom. The molecule has 6 nitrogen and oxygen atoms in total. The van der Waals surface area contributed by atoms with Gasteiger partial charge in [-0.3, -0.25) is 4.79 Å². The minimum atomic E-state index is -3.81. The van der Waals surface area contributed by atoms with Crippen molar-refractivity contribution in [3.05, 3.63) is 77.7 Å². The van der Waals surface area contributed by atoms with E-state index < -0.39 is 22.0 Å². The minimum absolute atomic E-state index is 0.163. The van der Waals surface area contributed by atoms with Gasteiger partial charge in [0, 0.05) is 0 Å². The molecule has 0 fully saturated rings. The summed E-state index contributed by atoms with van der Waals surface area (Å²) in [5.41, 5.74) is 1.32. The lowest BCUT2D eigenvalue weighted by Gasteiger charge is -2.19. The van der Waals surface area contributed by atoms with Crippen molar-refractivity contribution in [1.82, 2.24) is 4.72 Å². The summed E-state index contributed by atoms with van der Waals surface area (Å²) in [5.74, 6) is 0.0314. The number of hydrogen-bond donors (Lipinski definition) is 2. The molecule has 0 aliphatic rings. The summed E-state index contributed by atoms with van der Waals surface area (Å²) >= 11 is 1.10. The number of ether oxygens (including phenoxy) is 1. The molecule has 1 aromatic heterocycles.